The summed E-state index contributed by atoms with van der Waals surface area (Å²) in [6.45, 7) is 1.82. The molecule has 5 nitrogen and oxygen atoms in total. The largest absolute Gasteiger partial charge is 0.478 e. The van der Waals surface area contributed by atoms with Crippen LogP contribution in [0.5, 0.6) is 0 Å². The second-order valence-electron chi connectivity index (χ2n) is 9.02. The highest BCUT2D eigenvalue weighted by molar-refractivity contribution is 7.99. The number of anilines is 1. The molecular weight excluding hydrogens is 537 g/mol. The van der Waals surface area contributed by atoms with Crippen molar-refractivity contribution in [3.8, 4) is 0 Å². The molecule has 3 aromatic carbocycles. The highest BCUT2D eigenvalue weighted by Gasteiger charge is 2.27. The van der Waals surface area contributed by atoms with Gasteiger partial charge in [0.1, 0.15) is 12.4 Å². The summed E-state index contributed by atoms with van der Waals surface area (Å²) in [5, 5.41) is 9.57. The van der Waals surface area contributed by atoms with Crippen LogP contribution in [0.3, 0.4) is 0 Å². The Hall–Kier alpha value is -3.43. The maximum Gasteiger partial charge on any atom is 0.338 e. The molecule has 1 aromatic heterocycles. The van der Waals surface area contributed by atoms with Crippen molar-refractivity contribution >= 4 is 51.8 Å². The number of carbonyl (C=O) groups is 2. The zero-order chi connectivity index (χ0) is 27.1. The van der Waals surface area contributed by atoms with Crippen LogP contribution in [-0.4, -0.2) is 28.1 Å². The van der Waals surface area contributed by atoms with Gasteiger partial charge in [0.05, 0.1) is 16.1 Å². The predicted octanol–water partition coefficient (Wildman–Crippen LogP) is 7.24. The van der Waals surface area contributed by atoms with E-state index in [9.17, 15) is 23.5 Å². The summed E-state index contributed by atoms with van der Waals surface area (Å²) in [5.41, 5.74) is 1.06. The molecule has 0 fully saturated rings. The van der Waals surface area contributed by atoms with E-state index in [0.717, 1.165) is 24.2 Å². The van der Waals surface area contributed by atoms with Gasteiger partial charge in [-0.25, -0.2) is 18.0 Å². The van der Waals surface area contributed by atoms with Crippen LogP contribution in [0.25, 0.3) is 10.9 Å². The lowest BCUT2D eigenvalue weighted by Gasteiger charge is -2.24. The highest BCUT2D eigenvalue weighted by atomic mass is 35.5. The van der Waals surface area contributed by atoms with Crippen molar-refractivity contribution in [2.75, 3.05) is 11.4 Å². The van der Waals surface area contributed by atoms with Crippen molar-refractivity contribution in [2.24, 2.45) is 0 Å². The molecule has 0 aliphatic carbocycles. The van der Waals surface area contributed by atoms with Gasteiger partial charge in [0.2, 0.25) is 5.91 Å². The van der Waals surface area contributed by atoms with Gasteiger partial charge in [0.15, 0.2) is 11.6 Å². The van der Waals surface area contributed by atoms with Crippen molar-refractivity contribution < 1.29 is 27.9 Å². The molecule has 0 unspecified atom stereocenters. The smallest absolute Gasteiger partial charge is 0.338 e. The maximum absolute atomic E-state index is 15.4. The quantitative estimate of drug-likeness (QED) is 0.280. The molecule has 1 N–H and O–H groups in total. The number of halogens is 4. The Morgan fingerprint density at radius 3 is 2.55 bits per heavy atom. The van der Waals surface area contributed by atoms with Crippen LogP contribution in [0.4, 0.5) is 18.9 Å². The van der Waals surface area contributed by atoms with Crippen LogP contribution < -0.4 is 4.90 Å². The number of aromatic nitrogens is 1. The van der Waals surface area contributed by atoms with E-state index in [1.54, 1.807) is 25.1 Å². The number of carboxylic acids is 1. The third-order valence-electron chi connectivity index (χ3n) is 6.76. The number of hydrogen-bond acceptors (Lipinski definition) is 3. The Balaban J connectivity index is 1.59. The average Bonchev–Trinajstić information content (AvgIpc) is 3.02. The lowest BCUT2D eigenvalue weighted by molar-refractivity contribution is -0.119. The molecule has 0 saturated heterocycles. The number of rotatable bonds is 5. The van der Waals surface area contributed by atoms with Crippen LogP contribution in [-0.2, 0) is 17.8 Å². The fourth-order valence-corrected chi connectivity index (χ4v) is 6.13. The zero-order valence-corrected chi connectivity index (χ0v) is 21.8. The molecule has 5 rings (SSSR count). The minimum absolute atomic E-state index is 0.0469. The molecule has 0 radical (unpaired) electrons. The van der Waals surface area contributed by atoms with Crippen molar-refractivity contribution in [1.29, 1.82) is 0 Å². The molecule has 2 heterocycles. The third kappa shape index (κ3) is 4.54. The van der Waals surface area contributed by atoms with Crippen LogP contribution in [0, 0.1) is 24.4 Å². The summed E-state index contributed by atoms with van der Waals surface area (Å²) >= 11 is 7.05. The predicted molar refractivity (Wildman–Crippen MR) is 141 cm³/mol. The second-order valence-corrected chi connectivity index (χ2v) is 10.5. The van der Waals surface area contributed by atoms with Gasteiger partial charge in [0.25, 0.3) is 0 Å². The fourth-order valence-electron chi connectivity index (χ4n) is 4.88. The van der Waals surface area contributed by atoms with Crippen LogP contribution in [0.1, 0.15) is 34.5 Å². The summed E-state index contributed by atoms with van der Waals surface area (Å²) < 4.78 is 46.4. The molecule has 38 heavy (non-hydrogen) atoms. The molecule has 0 spiro atoms. The van der Waals surface area contributed by atoms with E-state index in [4.69, 9.17) is 11.6 Å². The number of hydrogen-bond donors (Lipinski definition) is 1. The van der Waals surface area contributed by atoms with Crippen molar-refractivity contribution in [2.45, 2.75) is 42.5 Å². The van der Waals surface area contributed by atoms with Crippen molar-refractivity contribution in [1.82, 2.24) is 4.57 Å². The lowest BCUT2D eigenvalue weighted by atomic mass is 10.1. The molecular formula is C28H22ClF3N2O3S. The molecule has 1 aliphatic heterocycles. The second kappa shape index (κ2) is 10.4. The number of amides is 1. The molecule has 1 aliphatic rings. The topological polar surface area (TPSA) is 62.5 Å². The Labute approximate surface area is 225 Å². The van der Waals surface area contributed by atoms with Gasteiger partial charge >= 0.3 is 5.97 Å². The van der Waals surface area contributed by atoms with Gasteiger partial charge in [-0.15, -0.1) is 0 Å². The van der Waals surface area contributed by atoms with Gasteiger partial charge in [-0.05, 0) is 62.6 Å². The highest BCUT2D eigenvalue weighted by Crippen LogP contribution is 2.42. The third-order valence-corrected chi connectivity index (χ3v) is 8.31. The van der Waals surface area contributed by atoms with Gasteiger partial charge in [-0.1, -0.05) is 35.5 Å². The van der Waals surface area contributed by atoms with E-state index in [1.807, 2.05) is 0 Å². The standard InChI is InChI=1S/C28H22ClF3N2O3S/c1-15-27(38-22-10-4-7-17(24(22)31)28(36)37)18-11-12-19(29)25(32)26(18)34(15)14-23(35)33-13-3-2-6-16-20(30)8-5-9-21(16)33/h4-5,7-12H,2-3,6,13-14H2,1H3,(H,36,37). The van der Waals surface area contributed by atoms with Gasteiger partial charge in [-0.3, -0.25) is 4.79 Å². The number of carboxylic acid groups (broad SMARTS) is 1. The number of benzene rings is 3. The first-order chi connectivity index (χ1) is 18.2. The van der Waals surface area contributed by atoms with E-state index in [0.29, 0.717) is 46.6 Å². The molecule has 4 aromatic rings. The summed E-state index contributed by atoms with van der Waals surface area (Å²) in [6, 6.07) is 11.6. The van der Waals surface area contributed by atoms with Crippen LogP contribution >= 0.6 is 23.4 Å². The van der Waals surface area contributed by atoms with Crippen molar-refractivity contribution in [3.05, 3.63) is 87.8 Å². The number of carbonyl (C=O) groups excluding carboxylic acids is 1. The number of fused-ring (bicyclic) bond motifs is 2. The molecule has 1 amide bonds. The zero-order valence-electron chi connectivity index (χ0n) is 20.2. The number of nitrogens with zero attached hydrogens (tertiary/aromatic N) is 2. The van der Waals surface area contributed by atoms with Gasteiger partial charge in [0, 0.05) is 38.7 Å². The SMILES string of the molecule is Cc1c(Sc2cccc(C(=O)O)c2F)c2ccc(Cl)c(F)c2n1CC(=O)N1CCCCc2c(F)cccc21. The molecule has 0 atom stereocenters. The Morgan fingerprint density at radius 1 is 1.03 bits per heavy atom. The normalized spacial score (nSPS) is 13.4. The fraction of sp³-hybridized carbons (Fsp3) is 0.214. The molecule has 0 saturated carbocycles. The van der Waals surface area contributed by atoms with Crippen molar-refractivity contribution in [3.63, 3.8) is 0 Å². The molecule has 0 bridgehead atoms. The van der Waals surface area contributed by atoms with E-state index in [1.165, 1.54) is 33.7 Å². The van der Waals surface area contributed by atoms with E-state index in [2.05, 4.69) is 0 Å². The average molecular weight is 559 g/mol. The molecule has 10 heteroatoms. The summed E-state index contributed by atoms with van der Waals surface area (Å²) in [6.07, 6.45) is 1.93. The van der Waals surface area contributed by atoms with E-state index in [-0.39, 0.29) is 33.7 Å². The minimum Gasteiger partial charge on any atom is -0.478 e. The Morgan fingerprint density at radius 2 is 1.79 bits per heavy atom. The first kappa shape index (κ1) is 26.2. The van der Waals surface area contributed by atoms with Gasteiger partial charge < -0.3 is 14.6 Å². The van der Waals surface area contributed by atoms with Crippen LogP contribution in [0.15, 0.2) is 58.3 Å². The summed E-state index contributed by atoms with van der Waals surface area (Å²) in [4.78, 5) is 27.1. The molecule has 196 valence electrons. The van der Waals surface area contributed by atoms with Crippen LogP contribution in [0.2, 0.25) is 5.02 Å². The Bertz CT molecular complexity index is 1600. The minimum atomic E-state index is -1.40. The van der Waals surface area contributed by atoms with E-state index >= 15 is 4.39 Å². The first-order valence-corrected chi connectivity index (χ1v) is 13.1. The maximum atomic E-state index is 15.4. The summed E-state index contributed by atoms with van der Waals surface area (Å²) in [7, 11) is 0. The first-order valence-electron chi connectivity index (χ1n) is 11.9. The Kier molecular flexibility index (Phi) is 7.15. The summed E-state index contributed by atoms with van der Waals surface area (Å²) in [5.74, 6) is -3.75. The lowest BCUT2D eigenvalue weighted by Crippen LogP contribution is -2.35. The number of aromatic carboxylic acids is 1. The van der Waals surface area contributed by atoms with E-state index < -0.39 is 23.2 Å². The monoisotopic (exact) mass is 558 g/mol. The van der Waals surface area contributed by atoms with Gasteiger partial charge in [-0.2, -0.15) is 0 Å².